The number of piperidine rings is 1. The SMILES string of the molecule is CNc1nc2ccccc2nc1OCCCC1CCCN(C(=O)OC(C)(C)C)C1. The van der Waals surface area contributed by atoms with Gasteiger partial charge < -0.3 is 19.7 Å². The predicted octanol–water partition coefficient (Wildman–Crippen LogP) is 4.48. The van der Waals surface area contributed by atoms with Gasteiger partial charge in [0.15, 0.2) is 5.82 Å². The van der Waals surface area contributed by atoms with E-state index >= 15 is 0 Å². The molecule has 7 heteroatoms. The molecule has 0 bridgehead atoms. The van der Waals surface area contributed by atoms with Crippen LogP contribution in [0.15, 0.2) is 24.3 Å². The highest BCUT2D eigenvalue weighted by molar-refractivity contribution is 5.77. The van der Waals surface area contributed by atoms with Crippen molar-refractivity contribution in [2.45, 2.75) is 52.1 Å². The molecule has 29 heavy (non-hydrogen) atoms. The molecule has 0 saturated carbocycles. The summed E-state index contributed by atoms with van der Waals surface area (Å²) in [5, 5.41) is 3.06. The van der Waals surface area contributed by atoms with Crippen molar-refractivity contribution in [1.82, 2.24) is 14.9 Å². The Bertz CT molecular complexity index is 834. The number of likely N-dealkylation sites (tertiary alicyclic amines) is 1. The number of aromatic nitrogens is 2. The molecule has 1 unspecified atom stereocenters. The number of para-hydroxylation sites is 2. The molecule has 2 heterocycles. The minimum absolute atomic E-state index is 0.205. The normalized spacial score (nSPS) is 17.2. The van der Waals surface area contributed by atoms with E-state index in [1.165, 1.54) is 0 Å². The van der Waals surface area contributed by atoms with Crippen molar-refractivity contribution in [3.63, 3.8) is 0 Å². The fourth-order valence-corrected chi connectivity index (χ4v) is 3.58. The zero-order chi connectivity index (χ0) is 20.9. The van der Waals surface area contributed by atoms with Gasteiger partial charge in [-0.1, -0.05) is 12.1 Å². The van der Waals surface area contributed by atoms with Gasteiger partial charge in [-0.05, 0) is 64.5 Å². The van der Waals surface area contributed by atoms with Crippen molar-refractivity contribution in [2.24, 2.45) is 5.92 Å². The summed E-state index contributed by atoms with van der Waals surface area (Å²) in [4.78, 5) is 23.3. The summed E-state index contributed by atoms with van der Waals surface area (Å²) in [6, 6.07) is 7.76. The Morgan fingerprint density at radius 2 is 1.97 bits per heavy atom. The number of anilines is 1. The number of hydrogen-bond donors (Lipinski definition) is 1. The first-order valence-electron chi connectivity index (χ1n) is 10.4. The second kappa shape index (κ2) is 9.29. The lowest BCUT2D eigenvalue weighted by Crippen LogP contribution is -2.42. The summed E-state index contributed by atoms with van der Waals surface area (Å²) in [7, 11) is 1.82. The number of fused-ring (bicyclic) bond motifs is 1. The molecule has 1 amide bonds. The van der Waals surface area contributed by atoms with E-state index in [1.807, 2.05) is 57.0 Å². The highest BCUT2D eigenvalue weighted by Crippen LogP contribution is 2.25. The first-order chi connectivity index (χ1) is 13.9. The summed E-state index contributed by atoms with van der Waals surface area (Å²) >= 11 is 0. The number of carbonyl (C=O) groups is 1. The van der Waals surface area contributed by atoms with Gasteiger partial charge in [-0.3, -0.25) is 0 Å². The minimum Gasteiger partial charge on any atom is -0.475 e. The van der Waals surface area contributed by atoms with Crippen LogP contribution in [-0.2, 0) is 4.74 Å². The maximum Gasteiger partial charge on any atom is 0.410 e. The lowest BCUT2D eigenvalue weighted by atomic mass is 9.94. The number of ether oxygens (including phenoxy) is 2. The summed E-state index contributed by atoms with van der Waals surface area (Å²) in [5.74, 6) is 1.66. The standard InChI is InChI=1S/C22H32N4O3/c1-22(2,3)29-21(27)26-13-7-9-16(15-26)10-8-14-28-20-19(23-4)24-17-11-5-6-12-18(17)25-20/h5-6,11-12,16H,7-10,13-15H2,1-4H3,(H,23,24). The summed E-state index contributed by atoms with van der Waals surface area (Å²) in [6.45, 7) is 7.81. The van der Waals surface area contributed by atoms with E-state index in [9.17, 15) is 4.79 Å². The van der Waals surface area contributed by atoms with Gasteiger partial charge in [0.05, 0.1) is 17.6 Å². The fraction of sp³-hybridized carbons (Fsp3) is 0.591. The molecule has 1 aliphatic heterocycles. The fourth-order valence-electron chi connectivity index (χ4n) is 3.58. The van der Waals surface area contributed by atoms with E-state index in [0.29, 0.717) is 24.2 Å². The molecule has 1 fully saturated rings. The monoisotopic (exact) mass is 400 g/mol. The van der Waals surface area contributed by atoms with Gasteiger partial charge in [-0.25, -0.2) is 14.8 Å². The summed E-state index contributed by atoms with van der Waals surface area (Å²) < 4.78 is 11.4. The van der Waals surface area contributed by atoms with E-state index in [-0.39, 0.29) is 6.09 Å². The van der Waals surface area contributed by atoms with Crippen LogP contribution >= 0.6 is 0 Å². The van der Waals surface area contributed by atoms with E-state index < -0.39 is 5.60 Å². The van der Waals surface area contributed by atoms with Crippen LogP contribution in [0.3, 0.4) is 0 Å². The maximum absolute atomic E-state index is 12.3. The third-order valence-electron chi connectivity index (χ3n) is 4.94. The molecule has 0 spiro atoms. The maximum atomic E-state index is 12.3. The van der Waals surface area contributed by atoms with E-state index in [1.54, 1.807) is 0 Å². The average molecular weight is 401 g/mol. The van der Waals surface area contributed by atoms with E-state index in [4.69, 9.17) is 9.47 Å². The Morgan fingerprint density at radius 1 is 1.24 bits per heavy atom. The lowest BCUT2D eigenvalue weighted by Gasteiger charge is -2.34. The van der Waals surface area contributed by atoms with Crippen LogP contribution in [0.1, 0.15) is 46.5 Å². The van der Waals surface area contributed by atoms with Crippen molar-refractivity contribution in [1.29, 1.82) is 0 Å². The molecule has 3 rings (SSSR count). The summed E-state index contributed by atoms with van der Waals surface area (Å²) in [6.07, 6.45) is 3.87. The van der Waals surface area contributed by atoms with Crippen LogP contribution in [0.5, 0.6) is 5.88 Å². The van der Waals surface area contributed by atoms with Gasteiger partial charge in [0, 0.05) is 20.1 Å². The van der Waals surface area contributed by atoms with Crippen LogP contribution in [-0.4, -0.2) is 53.3 Å². The van der Waals surface area contributed by atoms with Gasteiger partial charge in [0.1, 0.15) is 5.60 Å². The highest BCUT2D eigenvalue weighted by Gasteiger charge is 2.27. The Labute approximate surface area is 172 Å². The highest BCUT2D eigenvalue weighted by atomic mass is 16.6. The molecular weight excluding hydrogens is 368 g/mol. The van der Waals surface area contributed by atoms with Gasteiger partial charge in [-0.15, -0.1) is 0 Å². The molecule has 1 N–H and O–H groups in total. The van der Waals surface area contributed by atoms with Crippen molar-refractivity contribution < 1.29 is 14.3 Å². The second-order valence-electron chi connectivity index (χ2n) is 8.54. The number of amides is 1. The Morgan fingerprint density at radius 3 is 2.66 bits per heavy atom. The Balaban J connectivity index is 1.49. The Kier molecular flexibility index (Phi) is 6.77. The first-order valence-corrected chi connectivity index (χ1v) is 10.4. The molecular formula is C22H32N4O3. The number of nitrogens with zero attached hydrogens (tertiary/aromatic N) is 3. The molecule has 1 aromatic heterocycles. The van der Waals surface area contributed by atoms with Gasteiger partial charge in [-0.2, -0.15) is 0 Å². The molecule has 1 aliphatic rings. The van der Waals surface area contributed by atoms with Crippen molar-refractivity contribution >= 4 is 22.9 Å². The molecule has 0 radical (unpaired) electrons. The van der Waals surface area contributed by atoms with Crippen molar-refractivity contribution in [2.75, 3.05) is 32.1 Å². The number of nitrogens with one attached hydrogen (secondary N) is 1. The van der Waals surface area contributed by atoms with Crippen LogP contribution in [0.25, 0.3) is 11.0 Å². The number of carbonyl (C=O) groups excluding carboxylic acids is 1. The summed E-state index contributed by atoms with van der Waals surface area (Å²) in [5.41, 5.74) is 1.21. The number of benzene rings is 1. The average Bonchev–Trinajstić information content (AvgIpc) is 2.69. The molecule has 0 aliphatic carbocycles. The van der Waals surface area contributed by atoms with Crippen LogP contribution in [0.4, 0.5) is 10.6 Å². The lowest BCUT2D eigenvalue weighted by molar-refractivity contribution is 0.0159. The van der Waals surface area contributed by atoms with Crippen molar-refractivity contribution in [3.05, 3.63) is 24.3 Å². The third kappa shape index (κ3) is 5.95. The van der Waals surface area contributed by atoms with E-state index in [0.717, 1.165) is 49.8 Å². The number of hydrogen-bond acceptors (Lipinski definition) is 6. The molecule has 2 aromatic rings. The quantitative estimate of drug-likeness (QED) is 0.721. The van der Waals surface area contributed by atoms with E-state index in [2.05, 4.69) is 15.3 Å². The van der Waals surface area contributed by atoms with Crippen LogP contribution in [0, 0.1) is 5.92 Å². The predicted molar refractivity (Wildman–Crippen MR) is 114 cm³/mol. The largest absolute Gasteiger partial charge is 0.475 e. The molecule has 1 atom stereocenters. The van der Waals surface area contributed by atoms with Crippen LogP contribution < -0.4 is 10.1 Å². The van der Waals surface area contributed by atoms with Crippen LogP contribution in [0.2, 0.25) is 0 Å². The first kappa shape index (κ1) is 21.1. The topological polar surface area (TPSA) is 76.6 Å². The van der Waals surface area contributed by atoms with Gasteiger partial charge >= 0.3 is 6.09 Å². The minimum atomic E-state index is -0.455. The smallest absolute Gasteiger partial charge is 0.410 e. The van der Waals surface area contributed by atoms with Gasteiger partial charge in [0.25, 0.3) is 5.88 Å². The zero-order valence-corrected chi connectivity index (χ0v) is 17.9. The molecule has 1 aromatic carbocycles. The number of rotatable bonds is 6. The molecule has 158 valence electrons. The van der Waals surface area contributed by atoms with Crippen molar-refractivity contribution in [3.8, 4) is 5.88 Å². The van der Waals surface area contributed by atoms with Gasteiger partial charge in [0.2, 0.25) is 0 Å². The molecule has 1 saturated heterocycles. The Hall–Kier alpha value is -2.57. The molecule has 7 nitrogen and oxygen atoms in total. The zero-order valence-electron chi connectivity index (χ0n) is 17.9. The third-order valence-corrected chi connectivity index (χ3v) is 4.94. The second-order valence-corrected chi connectivity index (χ2v) is 8.54.